The molecule has 0 radical (unpaired) electrons. The van der Waals surface area contributed by atoms with Crippen molar-refractivity contribution in [3.63, 3.8) is 0 Å². The molecule has 0 aliphatic heterocycles. The van der Waals surface area contributed by atoms with Crippen LogP contribution in [0.15, 0.2) is 0 Å². The van der Waals surface area contributed by atoms with Gasteiger partial charge in [-0.05, 0) is 18.8 Å². The first kappa shape index (κ1) is 44.9. The van der Waals surface area contributed by atoms with Crippen LogP contribution in [0.2, 0.25) is 0 Å². The van der Waals surface area contributed by atoms with Crippen molar-refractivity contribution >= 4 is 11.9 Å². The summed E-state index contributed by atoms with van der Waals surface area (Å²) in [4.78, 5) is 24.3. The van der Waals surface area contributed by atoms with Gasteiger partial charge in [-0.25, -0.2) is 0 Å². The standard InChI is InChI=1S/C41H80O5/c1-4-6-7-8-9-10-11-12-16-20-23-26-29-32-35-41(44)46-39(36-42)37-45-40(43)34-31-28-25-22-19-17-14-13-15-18-21-24-27-30-33-38(3)5-2/h38-39,42H,4-37H2,1-3H3/t38?,39-/m0/s1. The lowest BCUT2D eigenvalue weighted by molar-refractivity contribution is -0.161. The molecule has 0 saturated heterocycles. The Morgan fingerprint density at radius 3 is 1.22 bits per heavy atom. The van der Waals surface area contributed by atoms with E-state index in [9.17, 15) is 14.7 Å². The summed E-state index contributed by atoms with van der Waals surface area (Å²) in [6.45, 7) is 6.55. The number of esters is 2. The number of aliphatic hydroxyl groups is 1. The molecule has 5 heteroatoms. The lowest BCUT2D eigenvalue weighted by atomic mass is 9.99. The van der Waals surface area contributed by atoms with E-state index in [1.165, 1.54) is 161 Å². The Labute approximate surface area is 287 Å². The highest BCUT2D eigenvalue weighted by molar-refractivity contribution is 5.70. The van der Waals surface area contributed by atoms with Crippen molar-refractivity contribution in [2.24, 2.45) is 5.92 Å². The number of hydrogen-bond acceptors (Lipinski definition) is 5. The zero-order chi connectivity index (χ0) is 33.8. The van der Waals surface area contributed by atoms with Gasteiger partial charge in [-0.2, -0.15) is 0 Å². The summed E-state index contributed by atoms with van der Waals surface area (Å²) in [5.41, 5.74) is 0. The van der Waals surface area contributed by atoms with Crippen LogP contribution in [0.25, 0.3) is 0 Å². The highest BCUT2D eigenvalue weighted by Crippen LogP contribution is 2.17. The van der Waals surface area contributed by atoms with Crippen LogP contribution in [-0.4, -0.2) is 36.4 Å². The van der Waals surface area contributed by atoms with Crippen molar-refractivity contribution in [3.8, 4) is 0 Å². The molecule has 0 aliphatic carbocycles. The Kier molecular flexibility index (Phi) is 35.9. The zero-order valence-electron chi connectivity index (χ0n) is 31.3. The molecule has 46 heavy (non-hydrogen) atoms. The Hall–Kier alpha value is -1.10. The van der Waals surface area contributed by atoms with Gasteiger partial charge in [0.15, 0.2) is 6.10 Å². The maximum Gasteiger partial charge on any atom is 0.306 e. The topological polar surface area (TPSA) is 72.8 Å². The molecule has 1 unspecified atom stereocenters. The molecule has 274 valence electrons. The average Bonchev–Trinajstić information content (AvgIpc) is 3.06. The minimum absolute atomic E-state index is 0.0575. The molecule has 0 fully saturated rings. The smallest absolute Gasteiger partial charge is 0.306 e. The van der Waals surface area contributed by atoms with Crippen LogP contribution >= 0.6 is 0 Å². The lowest BCUT2D eigenvalue weighted by Gasteiger charge is -2.15. The maximum atomic E-state index is 12.2. The normalized spacial score (nSPS) is 12.7. The fraction of sp³-hybridized carbons (Fsp3) is 0.951. The number of rotatable bonds is 37. The van der Waals surface area contributed by atoms with Crippen molar-refractivity contribution in [1.29, 1.82) is 0 Å². The van der Waals surface area contributed by atoms with Crippen molar-refractivity contribution in [1.82, 2.24) is 0 Å². The summed E-state index contributed by atoms with van der Waals surface area (Å²) in [6, 6.07) is 0. The lowest BCUT2D eigenvalue weighted by Crippen LogP contribution is -2.28. The van der Waals surface area contributed by atoms with Crippen LogP contribution in [0.4, 0.5) is 0 Å². The van der Waals surface area contributed by atoms with Gasteiger partial charge in [-0.3, -0.25) is 9.59 Å². The monoisotopic (exact) mass is 653 g/mol. The molecule has 0 amide bonds. The van der Waals surface area contributed by atoms with E-state index >= 15 is 0 Å². The summed E-state index contributed by atoms with van der Waals surface area (Å²) >= 11 is 0. The zero-order valence-corrected chi connectivity index (χ0v) is 31.3. The molecule has 1 N–H and O–H groups in total. The van der Waals surface area contributed by atoms with Gasteiger partial charge >= 0.3 is 11.9 Å². The first-order valence-electron chi connectivity index (χ1n) is 20.5. The number of ether oxygens (including phenoxy) is 2. The first-order chi connectivity index (χ1) is 22.5. The van der Waals surface area contributed by atoms with E-state index in [-0.39, 0.29) is 25.2 Å². The molecule has 0 aromatic rings. The molecular weight excluding hydrogens is 572 g/mol. The Morgan fingerprint density at radius 1 is 0.500 bits per heavy atom. The third kappa shape index (κ3) is 34.2. The highest BCUT2D eigenvalue weighted by Gasteiger charge is 2.16. The van der Waals surface area contributed by atoms with Crippen LogP contribution < -0.4 is 0 Å². The predicted octanol–water partition coefficient (Wildman–Crippen LogP) is 12.6. The Bertz CT molecular complexity index is 636. The molecule has 0 heterocycles. The van der Waals surface area contributed by atoms with E-state index in [0.29, 0.717) is 12.8 Å². The van der Waals surface area contributed by atoms with Crippen LogP contribution in [0, 0.1) is 5.92 Å². The van der Waals surface area contributed by atoms with Crippen LogP contribution in [0.5, 0.6) is 0 Å². The molecule has 0 aromatic carbocycles. The minimum Gasteiger partial charge on any atom is -0.462 e. The fourth-order valence-electron chi connectivity index (χ4n) is 6.18. The van der Waals surface area contributed by atoms with Gasteiger partial charge in [-0.15, -0.1) is 0 Å². The molecule has 2 atom stereocenters. The molecule has 0 bridgehead atoms. The summed E-state index contributed by atoms with van der Waals surface area (Å²) in [7, 11) is 0. The largest absolute Gasteiger partial charge is 0.462 e. The van der Waals surface area contributed by atoms with Gasteiger partial charge in [-0.1, -0.05) is 201 Å². The van der Waals surface area contributed by atoms with Crippen LogP contribution in [-0.2, 0) is 19.1 Å². The average molecular weight is 653 g/mol. The molecule has 0 spiro atoms. The van der Waals surface area contributed by atoms with E-state index in [4.69, 9.17) is 9.47 Å². The van der Waals surface area contributed by atoms with Gasteiger partial charge in [0.1, 0.15) is 6.61 Å². The Balaban J connectivity index is 3.49. The number of unbranched alkanes of at least 4 members (excludes halogenated alkanes) is 26. The van der Waals surface area contributed by atoms with Gasteiger partial charge in [0.05, 0.1) is 6.61 Å². The molecular formula is C41H80O5. The van der Waals surface area contributed by atoms with E-state index in [1.807, 2.05) is 0 Å². The van der Waals surface area contributed by atoms with E-state index in [2.05, 4.69) is 20.8 Å². The Morgan fingerprint density at radius 2 is 0.848 bits per heavy atom. The predicted molar refractivity (Wildman–Crippen MR) is 196 cm³/mol. The van der Waals surface area contributed by atoms with E-state index in [0.717, 1.165) is 38.0 Å². The summed E-state index contributed by atoms with van der Waals surface area (Å²) in [6.07, 6.45) is 38.7. The summed E-state index contributed by atoms with van der Waals surface area (Å²) in [5.74, 6) is 0.327. The van der Waals surface area contributed by atoms with Crippen LogP contribution in [0.3, 0.4) is 0 Å². The number of carbonyl (C=O) groups is 2. The molecule has 5 nitrogen and oxygen atoms in total. The molecule has 0 aliphatic rings. The quantitative estimate of drug-likeness (QED) is 0.0534. The third-order valence-corrected chi connectivity index (χ3v) is 9.69. The number of hydrogen-bond donors (Lipinski definition) is 1. The third-order valence-electron chi connectivity index (χ3n) is 9.69. The number of carbonyl (C=O) groups excluding carboxylic acids is 2. The SMILES string of the molecule is CCCCCCCCCCCCCCCCC(=O)O[C@@H](CO)COC(=O)CCCCCCCCCCCCCCCCC(C)CC. The van der Waals surface area contributed by atoms with E-state index < -0.39 is 6.10 Å². The van der Waals surface area contributed by atoms with Gasteiger partial charge < -0.3 is 14.6 Å². The molecule has 0 rings (SSSR count). The van der Waals surface area contributed by atoms with Crippen LogP contribution in [0.1, 0.15) is 226 Å². The van der Waals surface area contributed by atoms with Crippen molar-refractivity contribution in [2.75, 3.05) is 13.2 Å². The second-order valence-corrected chi connectivity index (χ2v) is 14.3. The van der Waals surface area contributed by atoms with Crippen molar-refractivity contribution < 1.29 is 24.2 Å². The molecule has 0 aromatic heterocycles. The summed E-state index contributed by atoms with van der Waals surface area (Å²) < 4.78 is 10.6. The fourth-order valence-corrected chi connectivity index (χ4v) is 6.18. The molecule has 0 saturated carbocycles. The van der Waals surface area contributed by atoms with Crippen molar-refractivity contribution in [3.05, 3.63) is 0 Å². The second-order valence-electron chi connectivity index (χ2n) is 14.3. The van der Waals surface area contributed by atoms with Crippen molar-refractivity contribution in [2.45, 2.75) is 232 Å². The maximum absolute atomic E-state index is 12.2. The van der Waals surface area contributed by atoms with E-state index in [1.54, 1.807) is 0 Å². The van der Waals surface area contributed by atoms with Gasteiger partial charge in [0.25, 0.3) is 0 Å². The minimum atomic E-state index is -0.762. The first-order valence-corrected chi connectivity index (χ1v) is 20.5. The highest BCUT2D eigenvalue weighted by atomic mass is 16.6. The number of aliphatic hydroxyl groups excluding tert-OH is 1. The van der Waals surface area contributed by atoms with Gasteiger partial charge in [0, 0.05) is 12.8 Å². The second kappa shape index (κ2) is 36.7. The van der Waals surface area contributed by atoms with Gasteiger partial charge in [0.2, 0.25) is 0 Å². The summed E-state index contributed by atoms with van der Waals surface area (Å²) in [5, 5.41) is 9.55.